The van der Waals surface area contributed by atoms with Crippen LogP contribution in [-0.4, -0.2) is 33.8 Å². The lowest BCUT2D eigenvalue weighted by molar-refractivity contribution is -0.140. The normalized spacial score (nSPS) is 13.5. The topological polar surface area (TPSA) is 60.9 Å². The number of H-pyrrole nitrogens is 1. The fourth-order valence-corrected chi connectivity index (χ4v) is 2.17. The number of nitrogens with one attached hydrogen (secondary N) is 2. The maximum atomic E-state index is 12.6. The number of alkyl halides is 3. The zero-order valence-corrected chi connectivity index (χ0v) is 13.0. The summed E-state index contributed by atoms with van der Waals surface area (Å²) in [7, 11) is 0. The molecule has 0 fully saturated rings. The van der Waals surface area contributed by atoms with Crippen LogP contribution in [0, 0.1) is 0 Å². The lowest BCUT2D eigenvalue weighted by Gasteiger charge is -2.14. The van der Waals surface area contributed by atoms with E-state index in [1.807, 2.05) is 19.9 Å². The SMILES string of the molecule is CC(C)NCC(O)Cc1cccc(-c2ncc(C(F)(F)F)[nH]2)c1. The number of imidazole rings is 1. The summed E-state index contributed by atoms with van der Waals surface area (Å²) in [5.41, 5.74) is 0.520. The predicted octanol–water partition coefficient (Wildman–Crippen LogP) is 3.00. The van der Waals surface area contributed by atoms with Gasteiger partial charge in [-0.2, -0.15) is 13.2 Å². The van der Waals surface area contributed by atoms with Crippen molar-refractivity contribution in [2.45, 2.75) is 38.6 Å². The number of benzene rings is 1. The monoisotopic (exact) mass is 327 g/mol. The molecule has 2 rings (SSSR count). The summed E-state index contributed by atoms with van der Waals surface area (Å²) in [5.74, 6) is 0.161. The third kappa shape index (κ3) is 5.07. The van der Waals surface area contributed by atoms with Gasteiger partial charge in [-0.1, -0.05) is 32.0 Å². The van der Waals surface area contributed by atoms with Crippen molar-refractivity contribution in [3.05, 3.63) is 41.7 Å². The van der Waals surface area contributed by atoms with E-state index < -0.39 is 18.0 Å². The molecule has 3 N–H and O–H groups in total. The van der Waals surface area contributed by atoms with Crippen molar-refractivity contribution in [3.63, 3.8) is 0 Å². The molecule has 0 saturated carbocycles. The predicted molar refractivity (Wildman–Crippen MR) is 81.9 cm³/mol. The quantitative estimate of drug-likeness (QED) is 0.764. The van der Waals surface area contributed by atoms with E-state index in [-0.39, 0.29) is 11.9 Å². The van der Waals surface area contributed by atoms with Gasteiger partial charge in [0, 0.05) is 18.2 Å². The van der Waals surface area contributed by atoms with E-state index in [9.17, 15) is 18.3 Å². The molecule has 126 valence electrons. The number of hydrogen-bond acceptors (Lipinski definition) is 3. The van der Waals surface area contributed by atoms with E-state index in [1.165, 1.54) is 0 Å². The van der Waals surface area contributed by atoms with Crippen LogP contribution in [0.3, 0.4) is 0 Å². The van der Waals surface area contributed by atoms with Crippen molar-refractivity contribution in [1.29, 1.82) is 0 Å². The second kappa shape index (κ2) is 7.14. The van der Waals surface area contributed by atoms with Crippen molar-refractivity contribution < 1.29 is 18.3 Å². The molecule has 2 aromatic rings. The van der Waals surface area contributed by atoms with Gasteiger partial charge >= 0.3 is 6.18 Å². The van der Waals surface area contributed by atoms with E-state index in [0.29, 0.717) is 18.5 Å². The second-order valence-corrected chi connectivity index (χ2v) is 5.76. The molecule has 1 heterocycles. The Morgan fingerprint density at radius 2 is 2.04 bits per heavy atom. The van der Waals surface area contributed by atoms with Crippen LogP contribution in [0.15, 0.2) is 30.5 Å². The van der Waals surface area contributed by atoms with Crippen LogP contribution in [0.4, 0.5) is 13.2 Å². The molecule has 0 aliphatic heterocycles. The molecule has 0 spiro atoms. The van der Waals surface area contributed by atoms with Gasteiger partial charge in [0.2, 0.25) is 0 Å². The van der Waals surface area contributed by atoms with Crippen LogP contribution in [0.25, 0.3) is 11.4 Å². The first kappa shape index (κ1) is 17.5. The molecule has 0 saturated heterocycles. The van der Waals surface area contributed by atoms with Gasteiger partial charge in [0.15, 0.2) is 0 Å². The van der Waals surface area contributed by atoms with Crippen LogP contribution in [-0.2, 0) is 12.6 Å². The highest BCUT2D eigenvalue weighted by atomic mass is 19.4. The lowest BCUT2D eigenvalue weighted by atomic mass is 10.0. The van der Waals surface area contributed by atoms with Gasteiger partial charge < -0.3 is 15.4 Å². The highest BCUT2D eigenvalue weighted by molar-refractivity contribution is 5.56. The van der Waals surface area contributed by atoms with Crippen LogP contribution in [0.1, 0.15) is 25.1 Å². The summed E-state index contributed by atoms with van der Waals surface area (Å²) >= 11 is 0. The Morgan fingerprint density at radius 1 is 1.30 bits per heavy atom. The van der Waals surface area contributed by atoms with Crippen molar-refractivity contribution >= 4 is 0 Å². The van der Waals surface area contributed by atoms with Crippen molar-refractivity contribution in [2.75, 3.05) is 6.54 Å². The highest BCUT2D eigenvalue weighted by Gasteiger charge is 2.33. The van der Waals surface area contributed by atoms with E-state index >= 15 is 0 Å². The zero-order valence-electron chi connectivity index (χ0n) is 13.0. The largest absolute Gasteiger partial charge is 0.432 e. The van der Waals surface area contributed by atoms with Crippen molar-refractivity contribution in [2.24, 2.45) is 0 Å². The Labute approximate surface area is 132 Å². The molecule has 23 heavy (non-hydrogen) atoms. The minimum Gasteiger partial charge on any atom is -0.391 e. The lowest BCUT2D eigenvalue weighted by Crippen LogP contribution is -2.33. The third-order valence-corrected chi connectivity index (χ3v) is 3.31. The van der Waals surface area contributed by atoms with Crippen LogP contribution in [0.5, 0.6) is 0 Å². The molecule has 1 atom stereocenters. The van der Waals surface area contributed by atoms with E-state index in [2.05, 4.69) is 15.3 Å². The number of aromatic nitrogens is 2. The van der Waals surface area contributed by atoms with Crippen molar-refractivity contribution in [1.82, 2.24) is 15.3 Å². The molecule has 1 aromatic carbocycles. The smallest absolute Gasteiger partial charge is 0.391 e. The maximum Gasteiger partial charge on any atom is 0.432 e. The molecule has 0 amide bonds. The first-order valence-corrected chi connectivity index (χ1v) is 7.38. The number of rotatable bonds is 6. The molecule has 0 bridgehead atoms. The molecular weight excluding hydrogens is 307 g/mol. The fraction of sp³-hybridized carbons (Fsp3) is 0.438. The van der Waals surface area contributed by atoms with Crippen LogP contribution in [0.2, 0.25) is 0 Å². The Hall–Kier alpha value is -1.86. The summed E-state index contributed by atoms with van der Waals surface area (Å²) in [6.45, 7) is 4.44. The average molecular weight is 327 g/mol. The summed E-state index contributed by atoms with van der Waals surface area (Å²) in [6.07, 6.45) is -3.80. The first-order valence-electron chi connectivity index (χ1n) is 7.38. The van der Waals surface area contributed by atoms with Crippen LogP contribution < -0.4 is 5.32 Å². The molecule has 0 radical (unpaired) electrons. The molecule has 0 aliphatic carbocycles. The van der Waals surface area contributed by atoms with Gasteiger partial charge in [-0.25, -0.2) is 4.98 Å². The van der Waals surface area contributed by atoms with Gasteiger partial charge in [-0.3, -0.25) is 0 Å². The van der Waals surface area contributed by atoms with E-state index in [0.717, 1.165) is 11.8 Å². The number of aliphatic hydroxyl groups excluding tert-OH is 1. The molecule has 0 aliphatic rings. The van der Waals surface area contributed by atoms with E-state index in [4.69, 9.17) is 0 Å². The number of aromatic amines is 1. The zero-order chi connectivity index (χ0) is 17.0. The summed E-state index contributed by atoms with van der Waals surface area (Å²) in [6, 6.07) is 7.26. The highest BCUT2D eigenvalue weighted by Crippen LogP contribution is 2.29. The number of hydrogen-bond donors (Lipinski definition) is 3. The minimum absolute atomic E-state index is 0.161. The number of aliphatic hydroxyl groups is 1. The second-order valence-electron chi connectivity index (χ2n) is 5.76. The van der Waals surface area contributed by atoms with E-state index in [1.54, 1.807) is 18.2 Å². The Kier molecular flexibility index (Phi) is 5.43. The Balaban J connectivity index is 2.09. The molecule has 7 heteroatoms. The van der Waals surface area contributed by atoms with Crippen molar-refractivity contribution in [3.8, 4) is 11.4 Å². The average Bonchev–Trinajstić information content (AvgIpc) is 2.95. The Bertz CT molecular complexity index is 637. The summed E-state index contributed by atoms with van der Waals surface area (Å²) in [4.78, 5) is 6.06. The summed E-state index contributed by atoms with van der Waals surface area (Å²) in [5, 5.41) is 13.1. The van der Waals surface area contributed by atoms with Crippen LogP contribution >= 0.6 is 0 Å². The van der Waals surface area contributed by atoms with Gasteiger partial charge in [0.1, 0.15) is 11.5 Å². The van der Waals surface area contributed by atoms with Gasteiger partial charge in [0.05, 0.1) is 12.3 Å². The first-order chi connectivity index (χ1) is 10.8. The van der Waals surface area contributed by atoms with Gasteiger partial charge in [0.25, 0.3) is 0 Å². The molecule has 4 nitrogen and oxygen atoms in total. The fourth-order valence-electron chi connectivity index (χ4n) is 2.17. The third-order valence-electron chi connectivity index (χ3n) is 3.31. The van der Waals surface area contributed by atoms with Gasteiger partial charge in [-0.15, -0.1) is 0 Å². The Morgan fingerprint density at radius 3 is 2.65 bits per heavy atom. The molecule has 1 unspecified atom stereocenters. The number of halogens is 3. The maximum absolute atomic E-state index is 12.6. The number of nitrogens with zero attached hydrogens (tertiary/aromatic N) is 1. The summed E-state index contributed by atoms with van der Waals surface area (Å²) < 4.78 is 37.8. The molecule has 1 aromatic heterocycles. The standard InChI is InChI=1S/C16H20F3N3O/c1-10(2)20-8-13(23)7-11-4-3-5-12(6-11)15-21-9-14(22-15)16(17,18)19/h3-6,9-10,13,20,23H,7-8H2,1-2H3,(H,21,22). The molecular formula is C16H20F3N3O. The minimum atomic E-state index is -4.44. The van der Waals surface area contributed by atoms with Gasteiger partial charge in [-0.05, 0) is 18.1 Å².